The van der Waals surface area contributed by atoms with Crippen LogP contribution >= 0.6 is 11.8 Å². The van der Waals surface area contributed by atoms with Crippen LogP contribution in [-0.4, -0.2) is 34.2 Å². The molecule has 7 heteroatoms. The molecule has 0 aliphatic heterocycles. The smallest absolute Gasteiger partial charge is 0.191 e. The van der Waals surface area contributed by atoms with E-state index in [1.54, 1.807) is 18.9 Å². The summed E-state index contributed by atoms with van der Waals surface area (Å²) in [4.78, 5) is 0. The van der Waals surface area contributed by atoms with Crippen molar-refractivity contribution >= 4 is 11.8 Å². The van der Waals surface area contributed by atoms with E-state index in [9.17, 15) is 0 Å². The number of hydrogen-bond donors (Lipinski definition) is 0. The Bertz CT molecular complexity index is 969. The molecule has 0 amide bonds. The van der Waals surface area contributed by atoms with Crippen LogP contribution in [0.2, 0.25) is 0 Å². The van der Waals surface area contributed by atoms with Crippen molar-refractivity contribution in [3.05, 3.63) is 59.9 Å². The summed E-state index contributed by atoms with van der Waals surface area (Å²) in [5.74, 6) is 4.56. The van der Waals surface area contributed by atoms with Crippen LogP contribution in [0.15, 0.2) is 53.7 Å². The Morgan fingerprint density at radius 1 is 0.844 bits per heavy atom. The van der Waals surface area contributed by atoms with Gasteiger partial charge < -0.3 is 18.8 Å². The molecule has 0 spiro atoms. The standard InChI is InChI=1S/C25H33N3O3S/c1-17(2)20-7-9-23(10-8-20)31-19(5)24-26-27-25(28(24)18(3)4)32-16-15-30-22-13-11-21(29-6)12-14-22/h7-14,17-19H,15-16H2,1-6H3. The lowest BCUT2D eigenvalue weighted by atomic mass is 10.0. The van der Waals surface area contributed by atoms with Crippen LogP contribution in [0.25, 0.3) is 0 Å². The monoisotopic (exact) mass is 455 g/mol. The minimum atomic E-state index is -0.209. The zero-order valence-electron chi connectivity index (χ0n) is 19.7. The molecule has 0 bridgehead atoms. The molecule has 0 N–H and O–H groups in total. The van der Waals surface area contributed by atoms with Gasteiger partial charge in [0.2, 0.25) is 0 Å². The van der Waals surface area contributed by atoms with Gasteiger partial charge in [-0.1, -0.05) is 37.7 Å². The molecule has 1 unspecified atom stereocenters. The van der Waals surface area contributed by atoms with E-state index in [0.717, 1.165) is 34.0 Å². The molecule has 0 fully saturated rings. The maximum absolute atomic E-state index is 6.17. The molecule has 172 valence electrons. The molecule has 0 saturated carbocycles. The molecule has 3 rings (SSSR count). The van der Waals surface area contributed by atoms with Crippen molar-refractivity contribution in [1.82, 2.24) is 14.8 Å². The average Bonchev–Trinajstić information content (AvgIpc) is 3.22. The Hall–Kier alpha value is -2.67. The number of hydrogen-bond acceptors (Lipinski definition) is 6. The first-order valence-corrected chi connectivity index (χ1v) is 12.0. The molecule has 2 aromatic carbocycles. The van der Waals surface area contributed by atoms with Crippen molar-refractivity contribution < 1.29 is 14.2 Å². The highest BCUT2D eigenvalue weighted by Gasteiger charge is 2.21. The predicted molar refractivity (Wildman–Crippen MR) is 129 cm³/mol. The largest absolute Gasteiger partial charge is 0.497 e. The third-order valence-electron chi connectivity index (χ3n) is 5.07. The van der Waals surface area contributed by atoms with Crippen LogP contribution in [0.3, 0.4) is 0 Å². The van der Waals surface area contributed by atoms with Crippen molar-refractivity contribution in [1.29, 1.82) is 0 Å². The SMILES string of the molecule is COc1ccc(OCCSc2nnc(C(C)Oc3ccc(C(C)C)cc3)n2C(C)C)cc1. The van der Waals surface area contributed by atoms with Gasteiger partial charge in [-0.25, -0.2) is 0 Å². The van der Waals surface area contributed by atoms with Gasteiger partial charge in [-0.15, -0.1) is 10.2 Å². The lowest BCUT2D eigenvalue weighted by Gasteiger charge is -2.19. The Balaban J connectivity index is 1.60. The Kier molecular flexibility index (Phi) is 8.45. The van der Waals surface area contributed by atoms with Crippen LogP contribution in [0.1, 0.15) is 64.1 Å². The molecule has 1 aromatic heterocycles. The van der Waals surface area contributed by atoms with Gasteiger partial charge in [0.15, 0.2) is 17.1 Å². The molecular formula is C25H33N3O3S. The number of thioether (sulfide) groups is 1. The van der Waals surface area contributed by atoms with Crippen LogP contribution < -0.4 is 14.2 Å². The van der Waals surface area contributed by atoms with E-state index in [1.165, 1.54) is 5.56 Å². The number of benzene rings is 2. The first-order chi connectivity index (χ1) is 15.4. The normalized spacial score (nSPS) is 12.2. The van der Waals surface area contributed by atoms with Crippen molar-refractivity contribution in [2.45, 2.75) is 57.8 Å². The van der Waals surface area contributed by atoms with Gasteiger partial charge in [0.1, 0.15) is 17.2 Å². The van der Waals surface area contributed by atoms with Gasteiger partial charge in [-0.2, -0.15) is 0 Å². The van der Waals surface area contributed by atoms with E-state index >= 15 is 0 Å². The van der Waals surface area contributed by atoms with Crippen LogP contribution in [0.5, 0.6) is 17.2 Å². The fourth-order valence-corrected chi connectivity index (χ4v) is 4.19. The maximum Gasteiger partial charge on any atom is 0.191 e. The van der Waals surface area contributed by atoms with Crippen LogP contribution in [-0.2, 0) is 0 Å². The van der Waals surface area contributed by atoms with E-state index < -0.39 is 0 Å². The second-order valence-corrected chi connectivity index (χ2v) is 9.22. The van der Waals surface area contributed by atoms with Crippen molar-refractivity contribution in [3.63, 3.8) is 0 Å². The lowest BCUT2D eigenvalue weighted by Crippen LogP contribution is -2.14. The lowest BCUT2D eigenvalue weighted by molar-refractivity contribution is 0.207. The summed E-state index contributed by atoms with van der Waals surface area (Å²) in [6, 6.07) is 16.1. The number of ether oxygens (including phenoxy) is 3. The number of rotatable bonds is 11. The quantitative estimate of drug-likeness (QED) is 0.250. The minimum Gasteiger partial charge on any atom is -0.497 e. The fraction of sp³-hybridized carbons (Fsp3) is 0.440. The van der Waals surface area contributed by atoms with Crippen molar-refractivity contribution in [2.75, 3.05) is 19.5 Å². The third kappa shape index (κ3) is 6.19. The van der Waals surface area contributed by atoms with Gasteiger partial charge in [-0.05, 0) is 68.7 Å². The minimum absolute atomic E-state index is 0.209. The van der Waals surface area contributed by atoms with Gasteiger partial charge in [0, 0.05) is 11.8 Å². The van der Waals surface area contributed by atoms with E-state index in [1.807, 2.05) is 43.3 Å². The number of aromatic nitrogens is 3. The summed E-state index contributed by atoms with van der Waals surface area (Å²) < 4.78 is 19.3. The third-order valence-corrected chi connectivity index (χ3v) is 5.98. The molecule has 1 atom stereocenters. The Labute approximate surface area is 195 Å². The summed E-state index contributed by atoms with van der Waals surface area (Å²) in [7, 11) is 1.65. The molecule has 0 radical (unpaired) electrons. The first-order valence-electron chi connectivity index (χ1n) is 11.0. The number of nitrogens with zero attached hydrogens (tertiary/aromatic N) is 3. The van der Waals surface area contributed by atoms with E-state index in [0.29, 0.717) is 12.5 Å². The molecule has 1 heterocycles. The summed E-state index contributed by atoms with van der Waals surface area (Å²) in [5.41, 5.74) is 1.30. The highest BCUT2D eigenvalue weighted by molar-refractivity contribution is 7.99. The van der Waals surface area contributed by atoms with E-state index in [2.05, 4.69) is 54.6 Å². The predicted octanol–water partition coefficient (Wildman–Crippen LogP) is 6.30. The van der Waals surface area contributed by atoms with Crippen molar-refractivity contribution in [3.8, 4) is 17.2 Å². The molecule has 0 aliphatic carbocycles. The highest BCUT2D eigenvalue weighted by atomic mass is 32.2. The summed E-state index contributed by atoms with van der Waals surface area (Å²) in [6.45, 7) is 11.2. The maximum atomic E-state index is 6.17. The van der Waals surface area contributed by atoms with E-state index in [4.69, 9.17) is 14.2 Å². The summed E-state index contributed by atoms with van der Waals surface area (Å²) >= 11 is 1.64. The topological polar surface area (TPSA) is 58.4 Å². The number of methoxy groups -OCH3 is 1. The zero-order valence-corrected chi connectivity index (χ0v) is 20.6. The van der Waals surface area contributed by atoms with E-state index in [-0.39, 0.29) is 12.1 Å². The fourth-order valence-electron chi connectivity index (χ4n) is 3.30. The Morgan fingerprint density at radius 2 is 1.47 bits per heavy atom. The van der Waals surface area contributed by atoms with Crippen LogP contribution in [0.4, 0.5) is 0 Å². The van der Waals surface area contributed by atoms with Gasteiger partial charge in [0.25, 0.3) is 0 Å². The Morgan fingerprint density at radius 3 is 2.06 bits per heavy atom. The molecular weight excluding hydrogens is 422 g/mol. The zero-order chi connectivity index (χ0) is 23.1. The molecule has 3 aromatic rings. The summed E-state index contributed by atoms with van der Waals surface area (Å²) in [5, 5.41) is 9.75. The second kappa shape index (κ2) is 11.3. The molecule has 0 saturated heterocycles. The van der Waals surface area contributed by atoms with Crippen LogP contribution in [0, 0.1) is 0 Å². The van der Waals surface area contributed by atoms with Gasteiger partial charge in [0.05, 0.1) is 13.7 Å². The molecule has 6 nitrogen and oxygen atoms in total. The second-order valence-electron chi connectivity index (χ2n) is 8.16. The molecule has 32 heavy (non-hydrogen) atoms. The first kappa shape index (κ1) is 24.0. The highest BCUT2D eigenvalue weighted by Crippen LogP contribution is 2.28. The van der Waals surface area contributed by atoms with Gasteiger partial charge in [-0.3, -0.25) is 0 Å². The van der Waals surface area contributed by atoms with Gasteiger partial charge >= 0.3 is 0 Å². The average molecular weight is 456 g/mol. The molecule has 0 aliphatic rings. The summed E-state index contributed by atoms with van der Waals surface area (Å²) in [6.07, 6.45) is -0.209. The van der Waals surface area contributed by atoms with Crippen molar-refractivity contribution in [2.24, 2.45) is 0 Å².